The van der Waals surface area contributed by atoms with Crippen molar-refractivity contribution in [2.45, 2.75) is 12.5 Å². The average Bonchev–Trinajstić information content (AvgIpc) is 3.22. The highest BCUT2D eigenvalue weighted by atomic mass is 35.5. The van der Waals surface area contributed by atoms with E-state index in [1.54, 1.807) is 18.2 Å². The summed E-state index contributed by atoms with van der Waals surface area (Å²) in [5.74, 6) is -0.546. The first-order valence-corrected chi connectivity index (χ1v) is 14.5. The summed E-state index contributed by atoms with van der Waals surface area (Å²) in [5.41, 5.74) is 1.21. The van der Waals surface area contributed by atoms with Crippen LogP contribution in [0.1, 0.15) is 16.8 Å². The molecule has 0 bridgehead atoms. The lowest BCUT2D eigenvalue weighted by Crippen LogP contribution is -2.50. The summed E-state index contributed by atoms with van der Waals surface area (Å²) in [6.45, 7) is 2.75. The highest BCUT2D eigenvalue weighted by Gasteiger charge is 2.31. The number of likely N-dealkylation sites (N-methyl/N-ethyl adjacent to an activating group) is 1. The second kappa shape index (κ2) is 12.0. The van der Waals surface area contributed by atoms with Crippen LogP contribution in [0.25, 0.3) is 0 Å². The minimum absolute atomic E-state index is 0.0320. The molecule has 2 N–H and O–H groups in total. The molecule has 4 rings (SSSR count). The number of morpholine rings is 1. The molecular formula is C24H30Cl2N6O5S. The van der Waals surface area contributed by atoms with Crippen molar-refractivity contribution >= 4 is 62.2 Å². The molecule has 2 aliphatic heterocycles. The summed E-state index contributed by atoms with van der Waals surface area (Å²) >= 11 is 12.6. The van der Waals surface area contributed by atoms with Crippen molar-refractivity contribution in [2.75, 3.05) is 73.7 Å². The van der Waals surface area contributed by atoms with E-state index >= 15 is 0 Å². The van der Waals surface area contributed by atoms with Crippen molar-refractivity contribution in [1.82, 2.24) is 15.2 Å². The van der Waals surface area contributed by atoms with Gasteiger partial charge in [0.15, 0.2) is 6.10 Å². The Morgan fingerprint density at radius 1 is 1.18 bits per heavy atom. The summed E-state index contributed by atoms with van der Waals surface area (Å²) in [7, 11) is 0.395. The van der Waals surface area contributed by atoms with E-state index in [4.69, 9.17) is 27.9 Å². The van der Waals surface area contributed by atoms with Crippen LogP contribution >= 0.6 is 23.2 Å². The van der Waals surface area contributed by atoms with Gasteiger partial charge in [0.25, 0.3) is 11.8 Å². The van der Waals surface area contributed by atoms with Gasteiger partial charge in [-0.2, -0.15) is 0 Å². The molecule has 2 aliphatic rings. The third kappa shape index (κ3) is 6.86. The quantitative estimate of drug-likeness (QED) is 0.483. The number of benzene rings is 1. The number of carbonyl (C=O) groups excluding carboxylic acids is 2. The van der Waals surface area contributed by atoms with Crippen molar-refractivity contribution in [3.8, 4) is 0 Å². The van der Waals surface area contributed by atoms with Gasteiger partial charge in [0.2, 0.25) is 10.0 Å². The van der Waals surface area contributed by atoms with Gasteiger partial charge in [-0.05, 0) is 44.8 Å². The van der Waals surface area contributed by atoms with E-state index in [0.717, 1.165) is 6.54 Å². The van der Waals surface area contributed by atoms with Crippen LogP contribution in [-0.4, -0.2) is 95.4 Å². The number of halogens is 2. The lowest BCUT2D eigenvalue weighted by Gasteiger charge is -2.34. The maximum Gasteiger partial charge on any atom is 0.257 e. The second-order valence-corrected chi connectivity index (χ2v) is 12.2. The molecule has 1 unspecified atom stereocenters. The van der Waals surface area contributed by atoms with Crippen LogP contribution in [0.3, 0.4) is 0 Å². The predicted molar refractivity (Wildman–Crippen MR) is 148 cm³/mol. The first-order chi connectivity index (χ1) is 18.0. The van der Waals surface area contributed by atoms with Crippen LogP contribution in [-0.2, 0) is 19.6 Å². The molecule has 2 saturated heterocycles. The summed E-state index contributed by atoms with van der Waals surface area (Å²) in [6, 6.07) is 6.46. The number of anilines is 3. The Morgan fingerprint density at radius 3 is 2.68 bits per heavy atom. The number of nitrogens with one attached hydrogen (secondary N) is 2. The van der Waals surface area contributed by atoms with Crippen molar-refractivity contribution < 1.29 is 22.7 Å². The maximum atomic E-state index is 13.1. The minimum atomic E-state index is -3.47. The zero-order chi connectivity index (χ0) is 27.4. The zero-order valence-corrected chi connectivity index (χ0v) is 23.4. The van der Waals surface area contributed by atoms with E-state index < -0.39 is 22.0 Å². The maximum absolute atomic E-state index is 13.1. The van der Waals surface area contributed by atoms with Crippen LogP contribution < -0.4 is 19.8 Å². The van der Waals surface area contributed by atoms with E-state index in [2.05, 4.69) is 15.6 Å². The Bertz CT molecular complexity index is 1310. The second-order valence-electron chi connectivity index (χ2n) is 9.32. The van der Waals surface area contributed by atoms with Gasteiger partial charge < -0.3 is 25.2 Å². The molecule has 11 nitrogen and oxygen atoms in total. The molecule has 38 heavy (non-hydrogen) atoms. The van der Waals surface area contributed by atoms with Gasteiger partial charge in [-0.15, -0.1) is 0 Å². The molecule has 0 radical (unpaired) electrons. The highest BCUT2D eigenvalue weighted by Crippen LogP contribution is 2.29. The summed E-state index contributed by atoms with van der Waals surface area (Å²) in [4.78, 5) is 33.7. The summed E-state index contributed by atoms with van der Waals surface area (Å²) in [5, 5.41) is 6.14. The van der Waals surface area contributed by atoms with Crippen LogP contribution in [0.2, 0.25) is 10.0 Å². The van der Waals surface area contributed by atoms with Gasteiger partial charge in [-0.3, -0.25) is 13.9 Å². The number of nitrogens with zero attached hydrogens (tertiary/aromatic N) is 4. The smallest absolute Gasteiger partial charge is 0.257 e. The van der Waals surface area contributed by atoms with Crippen LogP contribution in [0.15, 0.2) is 30.5 Å². The molecule has 1 aromatic carbocycles. The number of amides is 2. The van der Waals surface area contributed by atoms with Crippen molar-refractivity contribution in [3.63, 3.8) is 0 Å². The minimum Gasteiger partial charge on any atom is -0.366 e. The van der Waals surface area contributed by atoms with Crippen LogP contribution in [0.5, 0.6) is 0 Å². The zero-order valence-electron chi connectivity index (χ0n) is 21.1. The van der Waals surface area contributed by atoms with Gasteiger partial charge in [-0.1, -0.05) is 23.2 Å². The Balaban J connectivity index is 1.47. The number of ether oxygens (including phenoxy) is 1. The highest BCUT2D eigenvalue weighted by molar-refractivity contribution is 7.93. The Morgan fingerprint density at radius 2 is 1.97 bits per heavy atom. The van der Waals surface area contributed by atoms with Gasteiger partial charge in [0, 0.05) is 48.8 Å². The molecule has 0 spiro atoms. The fourth-order valence-corrected chi connectivity index (χ4v) is 6.15. The van der Waals surface area contributed by atoms with Crippen molar-refractivity contribution in [2.24, 2.45) is 0 Å². The Kier molecular flexibility index (Phi) is 8.99. The van der Waals surface area contributed by atoms with Crippen LogP contribution in [0.4, 0.5) is 17.2 Å². The number of hydrogen-bond donors (Lipinski definition) is 2. The molecule has 14 heteroatoms. The Labute approximate surface area is 232 Å². The molecule has 0 aliphatic carbocycles. The fraction of sp³-hybridized carbons (Fsp3) is 0.458. The molecule has 0 saturated carbocycles. The van der Waals surface area contributed by atoms with Gasteiger partial charge >= 0.3 is 0 Å². The lowest BCUT2D eigenvalue weighted by molar-refractivity contribution is -0.133. The molecule has 1 aromatic heterocycles. The van der Waals surface area contributed by atoms with Gasteiger partial charge in [-0.25, -0.2) is 13.4 Å². The molecule has 206 valence electrons. The number of rotatable bonds is 8. The van der Waals surface area contributed by atoms with E-state index in [1.165, 1.54) is 16.6 Å². The fourth-order valence-electron chi connectivity index (χ4n) is 4.22. The Hall–Kier alpha value is -2.64. The molecular weight excluding hydrogens is 555 g/mol. The first-order valence-electron chi connectivity index (χ1n) is 12.1. The van der Waals surface area contributed by atoms with E-state index in [0.29, 0.717) is 55.6 Å². The first kappa shape index (κ1) is 28.4. The van der Waals surface area contributed by atoms with Crippen molar-refractivity contribution in [3.05, 3.63) is 46.1 Å². The topological polar surface area (TPSA) is 124 Å². The van der Waals surface area contributed by atoms with Gasteiger partial charge in [0.1, 0.15) is 5.82 Å². The number of sulfonamides is 1. The molecule has 2 aromatic rings. The summed E-state index contributed by atoms with van der Waals surface area (Å²) < 4.78 is 31.4. The van der Waals surface area contributed by atoms with Crippen LogP contribution in [0, 0.1) is 0 Å². The number of hydrogen-bond acceptors (Lipinski definition) is 8. The molecule has 3 heterocycles. The SMILES string of the molecule is CN(C)CCNC(=O)C1CN(c2cc(Cl)cc(NC(=O)c3cc(N4CCCS4(=O)=O)ncc3Cl)c2)CCO1. The standard InChI is InChI=1S/C24H30Cl2N6O5S/c1-30(2)6-4-27-24(34)21-15-31(7-8-37-21)18-11-16(25)10-17(12-18)29-23(33)19-13-22(28-14-20(19)26)32-5-3-9-38(32,35)36/h10-14,21H,3-9,15H2,1-2H3,(H,27,34)(H,29,33). The third-order valence-corrected chi connectivity index (χ3v) is 8.53. The van der Waals surface area contributed by atoms with Crippen molar-refractivity contribution in [1.29, 1.82) is 0 Å². The summed E-state index contributed by atoms with van der Waals surface area (Å²) in [6.07, 6.45) is 1.11. The van der Waals surface area contributed by atoms with E-state index in [9.17, 15) is 18.0 Å². The molecule has 2 amide bonds. The van der Waals surface area contributed by atoms with Gasteiger partial charge in [0.05, 0.1) is 29.5 Å². The number of carbonyl (C=O) groups is 2. The third-order valence-electron chi connectivity index (χ3n) is 6.16. The molecule has 2 fully saturated rings. The molecule has 1 atom stereocenters. The lowest BCUT2D eigenvalue weighted by atomic mass is 10.2. The normalized spacial score (nSPS) is 19.0. The largest absolute Gasteiger partial charge is 0.366 e. The number of aromatic nitrogens is 1. The number of pyridine rings is 1. The van der Waals surface area contributed by atoms with E-state index in [1.807, 2.05) is 23.9 Å². The predicted octanol–water partition coefficient (Wildman–Crippen LogP) is 2.06. The van der Waals surface area contributed by atoms with E-state index in [-0.39, 0.29) is 28.1 Å². The average molecular weight is 586 g/mol. The monoisotopic (exact) mass is 584 g/mol.